The van der Waals surface area contributed by atoms with Crippen molar-refractivity contribution in [3.63, 3.8) is 0 Å². The molecule has 1 saturated heterocycles. The largest absolute Gasteiger partial charge is 0.368 e. The van der Waals surface area contributed by atoms with Gasteiger partial charge in [-0.1, -0.05) is 25.1 Å². The van der Waals surface area contributed by atoms with Crippen molar-refractivity contribution >= 4 is 45.5 Å². The van der Waals surface area contributed by atoms with Crippen molar-refractivity contribution in [1.29, 1.82) is 0 Å². The first-order valence-electron chi connectivity index (χ1n) is 8.01. The highest BCUT2D eigenvalue weighted by Gasteiger charge is 2.19. The molecule has 1 heterocycles. The number of nitrogens with one attached hydrogen (secondary N) is 1. The van der Waals surface area contributed by atoms with Gasteiger partial charge in [0.1, 0.15) is 0 Å². The van der Waals surface area contributed by atoms with Crippen LogP contribution >= 0.6 is 24.0 Å². The first-order chi connectivity index (χ1) is 11.1. The molecule has 2 rings (SSSR count). The average Bonchev–Trinajstić information content (AvgIpc) is 2.60. The summed E-state index contributed by atoms with van der Waals surface area (Å²) < 4.78 is 23.1. The number of hydrogen-bond donors (Lipinski definition) is 1. The molecule has 6 nitrogen and oxygen atoms in total. The zero-order valence-corrected chi connectivity index (χ0v) is 17.5. The summed E-state index contributed by atoms with van der Waals surface area (Å²) in [5.74, 6) is 1.11. The maximum absolute atomic E-state index is 11.5. The molecular formula is C16H27IN4O2S. The Morgan fingerprint density at radius 3 is 2.33 bits per heavy atom. The fraction of sp³-hybridized carbons (Fsp3) is 0.562. The molecule has 0 aliphatic carbocycles. The van der Waals surface area contributed by atoms with Crippen LogP contribution in [0.25, 0.3) is 0 Å². The first-order valence-corrected chi connectivity index (χ1v) is 9.84. The van der Waals surface area contributed by atoms with E-state index in [9.17, 15) is 8.42 Å². The normalized spacial score (nSPS) is 15.8. The monoisotopic (exact) mass is 466 g/mol. The lowest BCUT2D eigenvalue weighted by molar-refractivity contribution is 0.373. The van der Waals surface area contributed by atoms with E-state index in [1.165, 1.54) is 5.69 Å². The van der Waals surface area contributed by atoms with Crippen molar-refractivity contribution in [1.82, 2.24) is 10.2 Å². The SMILES string of the molecule is CCS(=O)(=O)CCNC(=NC)N1CCN(c2ccccc2)CC1.I. The molecule has 0 radical (unpaired) electrons. The van der Waals surface area contributed by atoms with Crippen LogP contribution in [0.2, 0.25) is 0 Å². The summed E-state index contributed by atoms with van der Waals surface area (Å²) in [6.45, 7) is 5.68. The average molecular weight is 466 g/mol. The molecule has 1 fully saturated rings. The molecule has 1 N–H and O–H groups in total. The summed E-state index contributed by atoms with van der Waals surface area (Å²) >= 11 is 0. The van der Waals surface area contributed by atoms with Crippen molar-refractivity contribution in [2.75, 3.05) is 56.2 Å². The van der Waals surface area contributed by atoms with Crippen LogP contribution in [0.1, 0.15) is 6.92 Å². The highest BCUT2D eigenvalue weighted by Crippen LogP contribution is 2.15. The maximum Gasteiger partial charge on any atom is 0.193 e. The van der Waals surface area contributed by atoms with Gasteiger partial charge in [0.2, 0.25) is 0 Å². The summed E-state index contributed by atoms with van der Waals surface area (Å²) in [5.41, 5.74) is 1.24. The third kappa shape index (κ3) is 6.12. The lowest BCUT2D eigenvalue weighted by atomic mass is 10.2. The summed E-state index contributed by atoms with van der Waals surface area (Å²) in [4.78, 5) is 8.80. The molecule has 0 unspecified atom stereocenters. The molecule has 1 aliphatic heterocycles. The van der Waals surface area contributed by atoms with E-state index in [-0.39, 0.29) is 35.5 Å². The molecule has 0 saturated carbocycles. The smallest absolute Gasteiger partial charge is 0.193 e. The first kappa shape index (κ1) is 21.0. The second-order valence-electron chi connectivity index (χ2n) is 5.52. The molecule has 0 aromatic heterocycles. The molecule has 0 atom stereocenters. The molecule has 1 aromatic rings. The van der Waals surface area contributed by atoms with Crippen LogP contribution in [0.5, 0.6) is 0 Å². The minimum absolute atomic E-state index is 0. The van der Waals surface area contributed by atoms with Crippen molar-refractivity contribution in [2.45, 2.75) is 6.92 Å². The molecular weight excluding hydrogens is 439 g/mol. The molecule has 0 amide bonds. The summed E-state index contributed by atoms with van der Waals surface area (Å²) in [6.07, 6.45) is 0. The van der Waals surface area contributed by atoms with Gasteiger partial charge in [-0.05, 0) is 12.1 Å². The second kappa shape index (κ2) is 10.1. The number of rotatable bonds is 5. The number of benzene rings is 1. The Kier molecular flexibility index (Phi) is 8.82. The van der Waals surface area contributed by atoms with Crippen LogP contribution in [0.4, 0.5) is 5.69 Å². The lowest BCUT2D eigenvalue weighted by Crippen LogP contribution is -2.53. The van der Waals surface area contributed by atoms with Gasteiger partial charge in [-0.2, -0.15) is 0 Å². The van der Waals surface area contributed by atoms with E-state index >= 15 is 0 Å². The zero-order chi connectivity index (χ0) is 16.7. The molecule has 24 heavy (non-hydrogen) atoms. The van der Waals surface area contributed by atoms with Gasteiger partial charge in [-0.15, -0.1) is 24.0 Å². The number of para-hydroxylation sites is 1. The van der Waals surface area contributed by atoms with Gasteiger partial charge in [-0.25, -0.2) is 8.42 Å². The molecule has 0 bridgehead atoms. The Morgan fingerprint density at radius 1 is 1.17 bits per heavy atom. The highest BCUT2D eigenvalue weighted by molar-refractivity contribution is 14.0. The minimum Gasteiger partial charge on any atom is -0.368 e. The molecule has 0 spiro atoms. The van der Waals surface area contributed by atoms with Crippen molar-refractivity contribution in [3.05, 3.63) is 30.3 Å². The van der Waals surface area contributed by atoms with E-state index in [0.717, 1.165) is 32.1 Å². The second-order valence-corrected chi connectivity index (χ2v) is 7.99. The maximum atomic E-state index is 11.5. The topological polar surface area (TPSA) is 65.0 Å². The van der Waals surface area contributed by atoms with Crippen LogP contribution in [-0.2, 0) is 9.84 Å². The summed E-state index contributed by atoms with van der Waals surface area (Å²) in [7, 11) is -1.21. The number of piperazine rings is 1. The molecule has 1 aromatic carbocycles. The van der Waals surface area contributed by atoms with Crippen LogP contribution in [0.15, 0.2) is 35.3 Å². The number of nitrogens with zero attached hydrogens (tertiary/aromatic N) is 3. The van der Waals surface area contributed by atoms with Gasteiger partial charge >= 0.3 is 0 Å². The van der Waals surface area contributed by atoms with E-state index in [2.05, 4.69) is 44.4 Å². The highest BCUT2D eigenvalue weighted by atomic mass is 127. The van der Waals surface area contributed by atoms with Gasteiger partial charge in [-0.3, -0.25) is 4.99 Å². The van der Waals surface area contributed by atoms with E-state index in [0.29, 0.717) is 6.54 Å². The number of halogens is 1. The molecule has 136 valence electrons. The Bertz CT molecular complexity index is 614. The number of sulfone groups is 1. The van der Waals surface area contributed by atoms with Crippen LogP contribution in [0, 0.1) is 0 Å². The third-order valence-corrected chi connectivity index (χ3v) is 5.75. The van der Waals surface area contributed by atoms with Crippen LogP contribution in [-0.4, -0.2) is 70.6 Å². The molecule has 1 aliphatic rings. The number of hydrogen-bond acceptors (Lipinski definition) is 4. The Morgan fingerprint density at radius 2 is 1.79 bits per heavy atom. The number of anilines is 1. The number of guanidine groups is 1. The van der Waals surface area contributed by atoms with Crippen molar-refractivity contribution in [3.8, 4) is 0 Å². The van der Waals surface area contributed by atoms with E-state index in [1.807, 2.05) is 6.07 Å². The molecule has 8 heteroatoms. The van der Waals surface area contributed by atoms with E-state index in [1.54, 1.807) is 14.0 Å². The Labute approximate surface area is 162 Å². The van der Waals surface area contributed by atoms with Gasteiger partial charge in [0.25, 0.3) is 0 Å². The summed E-state index contributed by atoms with van der Waals surface area (Å²) in [5, 5.41) is 3.16. The minimum atomic E-state index is -2.94. The number of aliphatic imine (C=N–C) groups is 1. The van der Waals surface area contributed by atoms with Crippen molar-refractivity contribution < 1.29 is 8.42 Å². The quantitative estimate of drug-likeness (QED) is 0.404. The Hall–Kier alpha value is -1.03. The predicted octanol–water partition coefficient (Wildman–Crippen LogP) is 1.44. The standard InChI is InChI=1S/C16H26N4O2S.HI/c1-3-23(21,22)14-9-18-16(17-2)20-12-10-19(11-13-20)15-7-5-4-6-8-15;/h4-8H,3,9-14H2,1-2H3,(H,17,18);1H. The fourth-order valence-corrected chi connectivity index (χ4v) is 3.31. The van der Waals surface area contributed by atoms with Crippen LogP contribution < -0.4 is 10.2 Å². The zero-order valence-electron chi connectivity index (χ0n) is 14.3. The van der Waals surface area contributed by atoms with E-state index in [4.69, 9.17) is 0 Å². The lowest BCUT2D eigenvalue weighted by Gasteiger charge is -2.37. The van der Waals surface area contributed by atoms with E-state index < -0.39 is 9.84 Å². The Balaban J connectivity index is 0.00000288. The van der Waals surface area contributed by atoms with Crippen LogP contribution in [0.3, 0.4) is 0 Å². The third-order valence-electron chi connectivity index (χ3n) is 4.05. The predicted molar refractivity (Wildman–Crippen MR) is 111 cm³/mol. The van der Waals surface area contributed by atoms with Gasteiger partial charge < -0.3 is 15.1 Å². The fourth-order valence-electron chi connectivity index (χ4n) is 2.61. The summed E-state index contributed by atoms with van der Waals surface area (Å²) in [6, 6.07) is 10.4. The van der Waals surface area contributed by atoms with Gasteiger partial charge in [0.05, 0.1) is 5.75 Å². The van der Waals surface area contributed by atoms with Crippen molar-refractivity contribution in [2.24, 2.45) is 4.99 Å². The van der Waals surface area contributed by atoms with Gasteiger partial charge in [0.15, 0.2) is 15.8 Å². The van der Waals surface area contributed by atoms with Gasteiger partial charge in [0, 0.05) is 51.2 Å².